The van der Waals surface area contributed by atoms with Crippen LogP contribution < -0.4 is 0 Å². The molecule has 0 amide bonds. The molecule has 5 aromatic rings. The third kappa shape index (κ3) is 4.32. The first kappa shape index (κ1) is 23.2. The molecule has 37 heavy (non-hydrogen) atoms. The van der Waals surface area contributed by atoms with E-state index >= 15 is 0 Å². The lowest BCUT2D eigenvalue weighted by Gasteiger charge is -2.39. The second-order valence-corrected chi connectivity index (χ2v) is 9.55. The summed E-state index contributed by atoms with van der Waals surface area (Å²) >= 11 is 0. The standard InChI is InChI=1S/C28H24N2O.C6H6/c1-4-10-23(11-5-1)28(24-12-6-2-7-13-24,25-14-8-3-9-15-25)30-20-29-26-16-21-18-31-19-22(21)17-27(26)30;1-2-4-6-5-3-1/h1-15,17,20-21H,16,18-19H2;1-6H/t21-;/m0./s1. The molecule has 1 aromatic heterocycles. The van der Waals surface area contributed by atoms with Crippen LogP contribution >= 0.6 is 0 Å². The SMILES string of the molecule is C1=C2COC[C@@H]2Cc2ncn(C(c3ccccc3)(c3ccccc3)c3ccccc3)c21.c1ccccc1. The maximum Gasteiger partial charge on any atom is 0.122 e. The molecule has 0 spiro atoms. The van der Waals surface area contributed by atoms with E-state index in [9.17, 15) is 0 Å². The topological polar surface area (TPSA) is 27.1 Å². The Balaban J connectivity index is 0.000000372. The van der Waals surface area contributed by atoms with Gasteiger partial charge in [0.25, 0.3) is 0 Å². The highest BCUT2D eigenvalue weighted by Crippen LogP contribution is 2.44. The van der Waals surface area contributed by atoms with Gasteiger partial charge in [0.2, 0.25) is 0 Å². The van der Waals surface area contributed by atoms with Gasteiger partial charge in [0, 0.05) is 12.3 Å². The van der Waals surface area contributed by atoms with Crippen molar-refractivity contribution in [3.63, 3.8) is 0 Å². The highest BCUT2D eigenvalue weighted by atomic mass is 16.5. The molecule has 2 heterocycles. The van der Waals surface area contributed by atoms with Crippen molar-refractivity contribution < 1.29 is 4.74 Å². The maximum atomic E-state index is 5.77. The van der Waals surface area contributed by atoms with Gasteiger partial charge in [-0.25, -0.2) is 4.98 Å². The van der Waals surface area contributed by atoms with E-state index in [2.05, 4.69) is 102 Å². The Bertz CT molecular complexity index is 1330. The zero-order valence-corrected chi connectivity index (χ0v) is 20.8. The zero-order valence-electron chi connectivity index (χ0n) is 20.8. The molecule has 7 rings (SSSR count). The Labute approximate surface area is 218 Å². The van der Waals surface area contributed by atoms with Crippen molar-refractivity contribution in [2.24, 2.45) is 5.92 Å². The molecule has 1 saturated heterocycles. The Hall–Kier alpha value is -4.21. The summed E-state index contributed by atoms with van der Waals surface area (Å²) in [6.45, 7) is 1.53. The third-order valence-corrected chi connectivity index (χ3v) is 7.36. The van der Waals surface area contributed by atoms with E-state index in [4.69, 9.17) is 9.72 Å². The Morgan fingerprint density at radius 2 is 1.11 bits per heavy atom. The minimum Gasteiger partial charge on any atom is -0.376 e. The van der Waals surface area contributed by atoms with Gasteiger partial charge in [0.05, 0.1) is 30.9 Å². The van der Waals surface area contributed by atoms with Crippen LogP contribution in [0.15, 0.2) is 139 Å². The van der Waals surface area contributed by atoms with Crippen LogP contribution in [0.2, 0.25) is 0 Å². The van der Waals surface area contributed by atoms with Crippen LogP contribution in [0.1, 0.15) is 28.1 Å². The summed E-state index contributed by atoms with van der Waals surface area (Å²) in [5, 5.41) is 0. The van der Waals surface area contributed by atoms with E-state index in [-0.39, 0.29) is 0 Å². The molecule has 0 bridgehead atoms. The van der Waals surface area contributed by atoms with Crippen molar-refractivity contribution in [2.75, 3.05) is 13.2 Å². The molecule has 1 atom stereocenters. The van der Waals surface area contributed by atoms with Crippen molar-refractivity contribution in [3.8, 4) is 0 Å². The molecule has 2 aliphatic rings. The average Bonchev–Trinajstić information content (AvgIpc) is 3.62. The van der Waals surface area contributed by atoms with Crippen molar-refractivity contribution in [3.05, 3.63) is 167 Å². The molecule has 4 aromatic carbocycles. The molecule has 182 valence electrons. The maximum absolute atomic E-state index is 5.77. The van der Waals surface area contributed by atoms with E-state index in [1.165, 1.54) is 28.0 Å². The number of hydrogen-bond donors (Lipinski definition) is 0. The van der Waals surface area contributed by atoms with Gasteiger partial charge in [0.15, 0.2) is 0 Å². The predicted octanol–water partition coefficient (Wildman–Crippen LogP) is 7.00. The summed E-state index contributed by atoms with van der Waals surface area (Å²) in [5.74, 6) is 0.468. The Kier molecular flexibility index (Phi) is 6.53. The van der Waals surface area contributed by atoms with Crippen LogP contribution in [0.25, 0.3) is 6.08 Å². The van der Waals surface area contributed by atoms with Crippen LogP contribution in [-0.2, 0) is 16.7 Å². The normalized spacial score (nSPS) is 16.1. The van der Waals surface area contributed by atoms with Crippen LogP contribution in [0, 0.1) is 5.92 Å². The van der Waals surface area contributed by atoms with Gasteiger partial charge in [-0.1, -0.05) is 127 Å². The van der Waals surface area contributed by atoms with Crippen LogP contribution in [0.5, 0.6) is 0 Å². The van der Waals surface area contributed by atoms with Gasteiger partial charge in [-0.05, 0) is 28.3 Å². The second kappa shape index (κ2) is 10.4. The van der Waals surface area contributed by atoms with Gasteiger partial charge in [-0.3, -0.25) is 0 Å². The molecule has 1 fully saturated rings. The highest BCUT2D eigenvalue weighted by Gasteiger charge is 2.41. The number of aromatic nitrogens is 2. The molecule has 0 saturated carbocycles. The molecular formula is C34H30N2O. The number of benzene rings is 4. The minimum atomic E-state index is -0.520. The minimum absolute atomic E-state index is 0.468. The summed E-state index contributed by atoms with van der Waals surface area (Å²) in [5.41, 5.74) is 6.87. The monoisotopic (exact) mass is 482 g/mol. The van der Waals surface area contributed by atoms with Crippen molar-refractivity contribution in [1.82, 2.24) is 9.55 Å². The Morgan fingerprint density at radius 1 is 0.649 bits per heavy atom. The smallest absolute Gasteiger partial charge is 0.122 e. The fourth-order valence-electron chi connectivity index (χ4n) is 5.61. The number of fused-ring (bicyclic) bond motifs is 2. The summed E-state index contributed by atoms with van der Waals surface area (Å²) in [4.78, 5) is 4.92. The lowest BCUT2D eigenvalue weighted by molar-refractivity contribution is 0.188. The van der Waals surface area contributed by atoms with E-state index in [0.29, 0.717) is 5.92 Å². The van der Waals surface area contributed by atoms with Crippen LogP contribution in [0.4, 0.5) is 0 Å². The molecule has 1 aliphatic carbocycles. The lowest BCUT2D eigenvalue weighted by Crippen LogP contribution is -2.38. The van der Waals surface area contributed by atoms with Gasteiger partial charge in [0.1, 0.15) is 5.54 Å². The van der Waals surface area contributed by atoms with Gasteiger partial charge < -0.3 is 9.30 Å². The summed E-state index contributed by atoms with van der Waals surface area (Å²) in [7, 11) is 0. The largest absolute Gasteiger partial charge is 0.376 e. The average molecular weight is 483 g/mol. The molecule has 3 nitrogen and oxygen atoms in total. The Morgan fingerprint density at radius 3 is 1.59 bits per heavy atom. The van der Waals surface area contributed by atoms with Gasteiger partial charge >= 0.3 is 0 Å². The number of rotatable bonds is 4. The quantitative estimate of drug-likeness (QED) is 0.258. The highest BCUT2D eigenvalue weighted by molar-refractivity contribution is 5.61. The first-order valence-corrected chi connectivity index (χ1v) is 12.9. The summed E-state index contributed by atoms with van der Waals surface area (Å²) in [6.07, 6.45) is 5.31. The number of nitrogens with zero attached hydrogens (tertiary/aromatic N) is 2. The van der Waals surface area contributed by atoms with Crippen molar-refractivity contribution in [2.45, 2.75) is 12.0 Å². The molecular weight excluding hydrogens is 452 g/mol. The van der Waals surface area contributed by atoms with E-state index in [0.717, 1.165) is 25.3 Å². The van der Waals surface area contributed by atoms with Crippen molar-refractivity contribution >= 4 is 6.08 Å². The van der Waals surface area contributed by atoms with Gasteiger partial charge in [-0.2, -0.15) is 0 Å². The van der Waals surface area contributed by atoms with E-state index in [1.807, 2.05) is 42.7 Å². The first-order chi connectivity index (χ1) is 18.4. The fraction of sp³-hybridized carbons (Fsp3) is 0.147. The predicted molar refractivity (Wildman–Crippen MR) is 149 cm³/mol. The van der Waals surface area contributed by atoms with Crippen molar-refractivity contribution in [1.29, 1.82) is 0 Å². The first-order valence-electron chi connectivity index (χ1n) is 12.9. The summed E-state index contributed by atoms with van der Waals surface area (Å²) in [6, 6.07) is 44.3. The third-order valence-electron chi connectivity index (χ3n) is 7.36. The van der Waals surface area contributed by atoms with Crippen LogP contribution in [-0.4, -0.2) is 22.8 Å². The van der Waals surface area contributed by atoms with Gasteiger partial charge in [-0.15, -0.1) is 0 Å². The number of hydrogen-bond acceptors (Lipinski definition) is 2. The number of imidazole rings is 1. The molecule has 0 radical (unpaired) electrons. The molecule has 0 N–H and O–H groups in total. The summed E-state index contributed by atoms with van der Waals surface area (Å²) < 4.78 is 8.15. The molecule has 3 heteroatoms. The molecule has 0 unspecified atom stereocenters. The number of ether oxygens (including phenoxy) is 1. The lowest BCUT2D eigenvalue weighted by atomic mass is 9.76. The fourth-order valence-corrected chi connectivity index (χ4v) is 5.61. The van der Waals surface area contributed by atoms with E-state index in [1.54, 1.807) is 0 Å². The zero-order chi connectivity index (χ0) is 24.9. The molecule has 1 aliphatic heterocycles. The second-order valence-electron chi connectivity index (χ2n) is 9.55. The van der Waals surface area contributed by atoms with E-state index < -0.39 is 5.54 Å². The van der Waals surface area contributed by atoms with Crippen LogP contribution in [0.3, 0.4) is 0 Å².